The van der Waals surface area contributed by atoms with E-state index in [9.17, 15) is 0 Å². The number of thiophene rings is 1. The fourth-order valence-corrected chi connectivity index (χ4v) is 3.21. The predicted molar refractivity (Wildman–Crippen MR) is 87.3 cm³/mol. The number of nitrogens with zero attached hydrogens (tertiary/aromatic N) is 3. The van der Waals surface area contributed by atoms with Crippen LogP contribution in [0, 0.1) is 13.8 Å². The second-order valence-corrected chi connectivity index (χ2v) is 6.29. The fourth-order valence-electron chi connectivity index (χ4n) is 2.34. The standard InChI is InChI=1S/C15H18N4OS/c1-9-7-12-13(17-15(16-3)18-14(12)21-9)19(4)8-11-5-6-20-10(11)2/h5-7H,8H2,1-4H3,(H,16,17,18). The molecule has 0 fully saturated rings. The Bertz CT molecular complexity index is 777. The lowest BCUT2D eigenvalue weighted by atomic mass is 10.2. The quantitative estimate of drug-likeness (QED) is 0.798. The van der Waals surface area contributed by atoms with Crippen molar-refractivity contribution in [2.45, 2.75) is 20.4 Å². The molecule has 6 heteroatoms. The predicted octanol–water partition coefficient (Wildman–Crippen LogP) is 3.58. The number of hydrogen-bond donors (Lipinski definition) is 1. The summed E-state index contributed by atoms with van der Waals surface area (Å²) in [5, 5.41) is 4.13. The van der Waals surface area contributed by atoms with E-state index in [1.165, 1.54) is 10.4 Å². The van der Waals surface area contributed by atoms with Crippen molar-refractivity contribution in [3.05, 3.63) is 34.6 Å². The zero-order valence-electron chi connectivity index (χ0n) is 12.6. The zero-order chi connectivity index (χ0) is 15.0. The van der Waals surface area contributed by atoms with Gasteiger partial charge in [-0.05, 0) is 26.0 Å². The topological polar surface area (TPSA) is 54.2 Å². The second-order valence-electron chi connectivity index (χ2n) is 5.05. The molecular formula is C15H18N4OS. The molecule has 0 aliphatic carbocycles. The summed E-state index contributed by atoms with van der Waals surface area (Å²) in [7, 11) is 3.88. The molecule has 0 saturated carbocycles. The Morgan fingerprint density at radius 1 is 1.33 bits per heavy atom. The van der Waals surface area contributed by atoms with Crippen LogP contribution in [-0.4, -0.2) is 24.1 Å². The molecule has 0 atom stereocenters. The van der Waals surface area contributed by atoms with E-state index >= 15 is 0 Å². The van der Waals surface area contributed by atoms with Crippen molar-refractivity contribution in [3.63, 3.8) is 0 Å². The van der Waals surface area contributed by atoms with Gasteiger partial charge in [-0.3, -0.25) is 0 Å². The molecule has 3 aromatic heterocycles. The lowest BCUT2D eigenvalue weighted by Crippen LogP contribution is -2.18. The summed E-state index contributed by atoms with van der Waals surface area (Å²) in [6.45, 7) is 4.83. The van der Waals surface area contributed by atoms with Crippen LogP contribution in [0.2, 0.25) is 0 Å². The molecule has 3 rings (SSSR count). The van der Waals surface area contributed by atoms with Gasteiger partial charge in [-0.2, -0.15) is 4.98 Å². The summed E-state index contributed by atoms with van der Waals surface area (Å²) in [5.41, 5.74) is 1.17. The third-order valence-electron chi connectivity index (χ3n) is 3.45. The van der Waals surface area contributed by atoms with Gasteiger partial charge in [0.1, 0.15) is 16.4 Å². The molecule has 1 N–H and O–H groups in total. The van der Waals surface area contributed by atoms with E-state index in [1.807, 2.05) is 27.1 Å². The maximum Gasteiger partial charge on any atom is 0.225 e. The van der Waals surface area contributed by atoms with E-state index in [4.69, 9.17) is 4.42 Å². The van der Waals surface area contributed by atoms with Crippen LogP contribution in [-0.2, 0) is 6.54 Å². The first-order chi connectivity index (χ1) is 10.1. The number of aryl methyl sites for hydroxylation is 2. The van der Waals surface area contributed by atoms with Gasteiger partial charge in [0.05, 0.1) is 11.6 Å². The van der Waals surface area contributed by atoms with E-state index in [0.29, 0.717) is 5.95 Å². The summed E-state index contributed by atoms with van der Waals surface area (Å²) < 4.78 is 5.37. The van der Waals surface area contributed by atoms with Crippen molar-refractivity contribution in [1.29, 1.82) is 0 Å². The van der Waals surface area contributed by atoms with Gasteiger partial charge in [0.2, 0.25) is 5.95 Å². The number of fused-ring (bicyclic) bond motifs is 1. The lowest BCUT2D eigenvalue weighted by Gasteiger charge is -2.19. The number of nitrogens with one attached hydrogen (secondary N) is 1. The van der Waals surface area contributed by atoms with Crippen molar-refractivity contribution >= 4 is 33.3 Å². The van der Waals surface area contributed by atoms with Crippen LogP contribution in [0.25, 0.3) is 10.2 Å². The molecule has 0 spiro atoms. The highest BCUT2D eigenvalue weighted by molar-refractivity contribution is 7.18. The molecule has 0 unspecified atom stereocenters. The van der Waals surface area contributed by atoms with Gasteiger partial charge >= 0.3 is 0 Å². The van der Waals surface area contributed by atoms with E-state index < -0.39 is 0 Å². The number of rotatable bonds is 4. The van der Waals surface area contributed by atoms with Crippen LogP contribution in [0.5, 0.6) is 0 Å². The van der Waals surface area contributed by atoms with Crippen molar-refractivity contribution < 1.29 is 4.42 Å². The normalized spacial score (nSPS) is 11.0. The molecule has 0 bridgehead atoms. The Labute approximate surface area is 127 Å². The van der Waals surface area contributed by atoms with Crippen molar-refractivity contribution in [2.24, 2.45) is 0 Å². The fraction of sp³-hybridized carbons (Fsp3) is 0.333. The molecule has 0 aliphatic heterocycles. The van der Waals surface area contributed by atoms with Gasteiger partial charge in [-0.1, -0.05) is 0 Å². The van der Waals surface area contributed by atoms with Crippen LogP contribution in [0.4, 0.5) is 11.8 Å². The molecule has 3 aromatic rings. The Hall–Kier alpha value is -2.08. The zero-order valence-corrected chi connectivity index (χ0v) is 13.4. The summed E-state index contributed by atoms with van der Waals surface area (Å²) in [5.74, 6) is 2.53. The van der Waals surface area contributed by atoms with Gasteiger partial charge in [0.25, 0.3) is 0 Å². The van der Waals surface area contributed by atoms with Gasteiger partial charge in [0.15, 0.2) is 0 Å². The Balaban J connectivity index is 2.03. The highest BCUT2D eigenvalue weighted by atomic mass is 32.1. The summed E-state index contributed by atoms with van der Waals surface area (Å²) in [6.07, 6.45) is 1.72. The van der Waals surface area contributed by atoms with Gasteiger partial charge in [-0.15, -0.1) is 11.3 Å². The highest BCUT2D eigenvalue weighted by Gasteiger charge is 2.15. The Kier molecular flexibility index (Phi) is 3.55. The second kappa shape index (κ2) is 5.37. The third-order valence-corrected chi connectivity index (χ3v) is 4.40. The summed E-state index contributed by atoms with van der Waals surface area (Å²) in [6, 6.07) is 4.15. The third kappa shape index (κ3) is 2.58. The molecule has 5 nitrogen and oxygen atoms in total. The molecular weight excluding hydrogens is 284 g/mol. The lowest BCUT2D eigenvalue weighted by molar-refractivity contribution is 0.529. The van der Waals surface area contributed by atoms with Gasteiger partial charge in [0, 0.05) is 31.1 Å². The van der Waals surface area contributed by atoms with Crippen molar-refractivity contribution in [3.8, 4) is 0 Å². The molecule has 0 aromatic carbocycles. The van der Waals surface area contributed by atoms with E-state index in [0.717, 1.165) is 28.3 Å². The maximum absolute atomic E-state index is 5.37. The van der Waals surface area contributed by atoms with E-state index in [1.54, 1.807) is 17.6 Å². The van der Waals surface area contributed by atoms with Crippen LogP contribution in [0.1, 0.15) is 16.2 Å². The first-order valence-corrected chi connectivity index (χ1v) is 7.60. The Morgan fingerprint density at radius 3 is 2.81 bits per heavy atom. The first-order valence-electron chi connectivity index (χ1n) is 6.78. The number of hydrogen-bond acceptors (Lipinski definition) is 6. The molecule has 0 saturated heterocycles. The minimum Gasteiger partial charge on any atom is -0.469 e. The molecule has 3 heterocycles. The van der Waals surface area contributed by atoms with Crippen molar-refractivity contribution in [1.82, 2.24) is 9.97 Å². The van der Waals surface area contributed by atoms with Crippen molar-refractivity contribution in [2.75, 3.05) is 24.3 Å². The SMILES string of the molecule is CNc1nc(N(C)Cc2ccoc2C)c2cc(C)sc2n1. The largest absolute Gasteiger partial charge is 0.469 e. The molecule has 0 amide bonds. The minimum atomic E-state index is 0.648. The summed E-state index contributed by atoms with van der Waals surface area (Å²) in [4.78, 5) is 13.5. The number of furan rings is 1. The molecule has 0 aliphatic rings. The monoisotopic (exact) mass is 302 g/mol. The average molecular weight is 302 g/mol. The first kappa shape index (κ1) is 13.9. The number of aromatic nitrogens is 2. The number of anilines is 2. The Morgan fingerprint density at radius 2 is 2.14 bits per heavy atom. The molecule has 21 heavy (non-hydrogen) atoms. The molecule has 110 valence electrons. The smallest absolute Gasteiger partial charge is 0.225 e. The molecule has 0 radical (unpaired) electrons. The van der Waals surface area contributed by atoms with Crippen LogP contribution in [0.15, 0.2) is 22.8 Å². The van der Waals surface area contributed by atoms with E-state index in [-0.39, 0.29) is 0 Å². The van der Waals surface area contributed by atoms with Gasteiger partial charge in [-0.25, -0.2) is 4.98 Å². The van der Waals surface area contributed by atoms with Crippen LogP contribution >= 0.6 is 11.3 Å². The minimum absolute atomic E-state index is 0.648. The average Bonchev–Trinajstić information content (AvgIpc) is 3.02. The highest BCUT2D eigenvalue weighted by Crippen LogP contribution is 2.32. The van der Waals surface area contributed by atoms with Crippen LogP contribution < -0.4 is 10.2 Å². The maximum atomic E-state index is 5.37. The van der Waals surface area contributed by atoms with E-state index in [2.05, 4.69) is 33.2 Å². The summed E-state index contributed by atoms with van der Waals surface area (Å²) >= 11 is 1.69. The van der Waals surface area contributed by atoms with Crippen LogP contribution in [0.3, 0.4) is 0 Å². The van der Waals surface area contributed by atoms with Gasteiger partial charge < -0.3 is 14.6 Å².